The molecule has 0 atom stereocenters. The van der Waals surface area contributed by atoms with Crippen LogP contribution in [0.3, 0.4) is 0 Å². The Balaban J connectivity index is 3.43. The number of carbonyl (C=O) groups excluding carboxylic acids is 1. The zero-order chi connectivity index (χ0) is 11.6. The van der Waals surface area contributed by atoms with Gasteiger partial charge in [-0.05, 0) is 19.9 Å². The molecule has 82 valence electrons. The first-order valence-corrected chi connectivity index (χ1v) is 4.68. The van der Waals surface area contributed by atoms with E-state index in [1.807, 2.05) is 0 Å². The summed E-state index contributed by atoms with van der Waals surface area (Å²) in [5, 5.41) is -0.429. The number of carbonyl (C=O) groups is 1. The summed E-state index contributed by atoms with van der Waals surface area (Å²) in [7, 11) is 0. The van der Waals surface area contributed by atoms with Gasteiger partial charge in [0.25, 0.3) is 0 Å². The molecule has 5 heteroatoms. The second-order valence-electron chi connectivity index (χ2n) is 2.85. The number of hydrogen-bond donors (Lipinski definition) is 0. The summed E-state index contributed by atoms with van der Waals surface area (Å²) < 4.78 is 31.3. The second-order valence-corrected chi connectivity index (χ2v) is 3.26. The number of ketones is 1. The van der Waals surface area contributed by atoms with Crippen LogP contribution < -0.4 is 4.74 Å². The lowest BCUT2D eigenvalue weighted by molar-refractivity contribution is 0.101. The minimum absolute atomic E-state index is 0.0549. The van der Waals surface area contributed by atoms with E-state index in [0.717, 1.165) is 6.07 Å². The van der Waals surface area contributed by atoms with Crippen LogP contribution in [0.1, 0.15) is 24.2 Å². The van der Waals surface area contributed by atoms with Crippen molar-refractivity contribution >= 4 is 17.4 Å². The zero-order valence-corrected chi connectivity index (χ0v) is 8.99. The van der Waals surface area contributed by atoms with Crippen molar-refractivity contribution < 1.29 is 18.3 Å². The van der Waals surface area contributed by atoms with E-state index in [-0.39, 0.29) is 17.9 Å². The highest BCUT2D eigenvalue weighted by Gasteiger charge is 2.20. The number of halogens is 3. The van der Waals surface area contributed by atoms with Gasteiger partial charge >= 0.3 is 0 Å². The van der Waals surface area contributed by atoms with Crippen LogP contribution >= 0.6 is 11.6 Å². The predicted octanol–water partition coefficient (Wildman–Crippen LogP) is 3.22. The van der Waals surface area contributed by atoms with Gasteiger partial charge in [0, 0.05) is 0 Å². The molecule has 0 aromatic heterocycles. The monoisotopic (exact) mass is 234 g/mol. The number of ether oxygens (including phenoxy) is 1. The Hall–Kier alpha value is -1.16. The molecular weight excluding hydrogens is 226 g/mol. The van der Waals surface area contributed by atoms with Gasteiger partial charge in [0.05, 0.1) is 17.2 Å². The molecule has 0 N–H and O–H groups in total. The molecule has 0 aliphatic heterocycles. The predicted molar refractivity (Wildman–Crippen MR) is 52.5 cm³/mol. The van der Waals surface area contributed by atoms with Crippen LogP contribution in [0.15, 0.2) is 6.07 Å². The van der Waals surface area contributed by atoms with Crippen LogP contribution in [-0.4, -0.2) is 12.4 Å². The molecule has 0 aliphatic rings. The van der Waals surface area contributed by atoms with Gasteiger partial charge in [0.1, 0.15) is 0 Å². The highest BCUT2D eigenvalue weighted by molar-refractivity contribution is 6.31. The van der Waals surface area contributed by atoms with Crippen molar-refractivity contribution in [3.05, 3.63) is 28.3 Å². The summed E-state index contributed by atoms with van der Waals surface area (Å²) in [6.07, 6.45) is 0. The maximum Gasteiger partial charge on any atom is 0.202 e. The van der Waals surface area contributed by atoms with Crippen molar-refractivity contribution in [1.82, 2.24) is 0 Å². The normalized spacial score (nSPS) is 10.2. The fraction of sp³-hybridized carbons (Fsp3) is 0.300. The Bertz CT molecular complexity index is 405. The molecule has 0 spiro atoms. The van der Waals surface area contributed by atoms with Gasteiger partial charge in [0.15, 0.2) is 17.3 Å². The van der Waals surface area contributed by atoms with E-state index < -0.39 is 22.4 Å². The molecule has 0 aliphatic carbocycles. The Morgan fingerprint density at radius 2 is 2.07 bits per heavy atom. The molecule has 0 saturated carbocycles. The van der Waals surface area contributed by atoms with Gasteiger partial charge in [-0.1, -0.05) is 11.6 Å². The largest absolute Gasteiger partial charge is 0.490 e. The molecule has 1 aromatic carbocycles. The maximum atomic E-state index is 13.3. The molecule has 0 amide bonds. The fourth-order valence-electron chi connectivity index (χ4n) is 1.13. The van der Waals surface area contributed by atoms with E-state index in [1.54, 1.807) is 6.92 Å². The molecule has 0 heterocycles. The summed E-state index contributed by atoms with van der Waals surface area (Å²) in [4.78, 5) is 11.1. The van der Waals surface area contributed by atoms with Crippen LogP contribution in [0, 0.1) is 11.6 Å². The van der Waals surface area contributed by atoms with E-state index in [4.69, 9.17) is 16.3 Å². The summed E-state index contributed by atoms with van der Waals surface area (Å²) in [6.45, 7) is 2.97. The Morgan fingerprint density at radius 3 is 2.53 bits per heavy atom. The summed E-state index contributed by atoms with van der Waals surface area (Å²) in [6, 6.07) is 1.06. The SMILES string of the molecule is CCOc1c(C(C)=O)cc(Cl)c(F)c1F. The third-order valence-electron chi connectivity index (χ3n) is 1.79. The number of hydrogen-bond acceptors (Lipinski definition) is 2. The number of benzene rings is 1. The molecule has 1 rings (SSSR count). The molecule has 15 heavy (non-hydrogen) atoms. The van der Waals surface area contributed by atoms with Gasteiger partial charge in [-0.25, -0.2) is 4.39 Å². The highest BCUT2D eigenvalue weighted by Crippen LogP contribution is 2.30. The molecule has 0 radical (unpaired) electrons. The minimum atomic E-state index is -1.23. The molecule has 0 fully saturated rings. The fourth-order valence-corrected chi connectivity index (χ4v) is 1.32. The van der Waals surface area contributed by atoms with Crippen LogP contribution in [0.4, 0.5) is 8.78 Å². The van der Waals surface area contributed by atoms with Gasteiger partial charge in [-0.2, -0.15) is 4.39 Å². The van der Waals surface area contributed by atoms with Gasteiger partial charge < -0.3 is 4.74 Å². The third kappa shape index (κ3) is 2.26. The molecule has 1 aromatic rings. The smallest absolute Gasteiger partial charge is 0.202 e. The Kier molecular flexibility index (Phi) is 3.63. The highest BCUT2D eigenvalue weighted by atomic mass is 35.5. The Labute approximate surface area is 90.8 Å². The summed E-state index contributed by atoms with van der Waals surface area (Å²) >= 11 is 5.41. The van der Waals surface area contributed by atoms with Crippen molar-refractivity contribution in [2.75, 3.05) is 6.61 Å². The minimum Gasteiger partial charge on any atom is -0.490 e. The first-order valence-electron chi connectivity index (χ1n) is 4.30. The lowest BCUT2D eigenvalue weighted by atomic mass is 10.1. The molecule has 2 nitrogen and oxygen atoms in total. The van der Waals surface area contributed by atoms with Crippen molar-refractivity contribution in [1.29, 1.82) is 0 Å². The average Bonchev–Trinajstić information content (AvgIpc) is 2.18. The van der Waals surface area contributed by atoms with Crippen molar-refractivity contribution in [2.24, 2.45) is 0 Å². The quantitative estimate of drug-likeness (QED) is 0.593. The van der Waals surface area contributed by atoms with Crippen molar-refractivity contribution in [3.8, 4) is 5.75 Å². The van der Waals surface area contributed by atoms with E-state index in [0.29, 0.717) is 0 Å². The lowest BCUT2D eigenvalue weighted by Crippen LogP contribution is -2.05. The number of Topliss-reactive ketones (excluding diaryl/α,β-unsaturated/α-hetero) is 1. The maximum absolute atomic E-state index is 13.3. The van der Waals surface area contributed by atoms with Gasteiger partial charge in [-0.3, -0.25) is 4.79 Å². The summed E-state index contributed by atoms with van der Waals surface area (Å²) in [5.74, 6) is -3.24. The second kappa shape index (κ2) is 4.57. The van der Waals surface area contributed by atoms with E-state index in [9.17, 15) is 13.6 Å². The van der Waals surface area contributed by atoms with E-state index in [1.165, 1.54) is 6.92 Å². The van der Waals surface area contributed by atoms with Crippen LogP contribution in [0.2, 0.25) is 5.02 Å². The van der Waals surface area contributed by atoms with E-state index in [2.05, 4.69) is 0 Å². The average molecular weight is 235 g/mol. The van der Waals surface area contributed by atoms with E-state index >= 15 is 0 Å². The van der Waals surface area contributed by atoms with Crippen LogP contribution in [0.25, 0.3) is 0 Å². The molecule has 0 bridgehead atoms. The topological polar surface area (TPSA) is 26.3 Å². The zero-order valence-electron chi connectivity index (χ0n) is 8.23. The third-order valence-corrected chi connectivity index (χ3v) is 2.06. The van der Waals surface area contributed by atoms with Gasteiger partial charge in [0.2, 0.25) is 5.82 Å². The van der Waals surface area contributed by atoms with Gasteiger partial charge in [-0.15, -0.1) is 0 Å². The van der Waals surface area contributed by atoms with Crippen molar-refractivity contribution in [3.63, 3.8) is 0 Å². The molecular formula is C10H9ClF2O2. The first kappa shape index (κ1) is 11.9. The summed E-state index contributed by atoms with van der Waals surface area (Å²) in [5.41, 5.74) is -0.0549. The van der Waals surface area contributed by atoms with Crippen molar-refractivity contribution in [2.45, 2.75) is 13.8 Å². The standard InChI is InChI=1S/C10H9ClF2O2/c1-3-15-10-6(5(2)14)4-7(11)8(12)9(10)13/h4H,3H2,1-2H3. The molecule has 0 unspecified atom stereocenters. The lowest BCUT2D eigenvalue weighted by Gasteiger charge is -2.10. The first-order chi connectivity index (χ1) is 6.99. The number of rotatable bonds is 3. The van der Waals surface area contributed by atoms with Crippen LogP contribution in [0.5, 0.6) is 5.75 Å². The van der Waals surface area contributed by atoms with Crippen LogP contribution in [-0.2, 0) is 0 Å². The Morgan fingerprint density at radius 1 is 1.47 bits per heavy atom. The molecule has 0 saturated heterocycles.